The van der Waals surface area contributed by atoms with Crippen molar-refractivity contribution in [3.8, 4) is 39.1 Å². The summed E-state index contributed by atoms with van der Waals surface area (Å²) in [4.78, 5) is 0. The first-order valence-corrected chi connectivity index (χ1v) is 15.5. The summed E-state index contributed by atoms with van der Waals surface area (Å²) in [5.41, 5.74) is 11.1. The number of nitrogens with zero attached hydrogens (tertiary/aromatic N) is 1. The van der Waals surface area contributed by atoms with Crippen molar-refractivity contribution in [2.45, 2.75) is 0 Å². The van der Waals surface area contributed by atoms with E-state index in [1.165, 1.54) is 76.7 Å². The highest BCUT2D eigenvalue weighted by Crippen LogP contribution is 2.48. The van der Waals surface area contributed by atoms with Crippen molar-refractivity contribution < 1.29 is 0 Å². The highest BCUT2D eigenvalue weighted by atomic mass is 15.0. The number of hydrogen-bond acceptors (Lipinski definition) is 0. The van der Waals surface area contributed by atoms with E-state index < -0.39 is 0 Å². The van der Waals surface area contributed by atoms with Gasteiger partial charge in [0.05, 0.1) is 11.0 Å². The highest BCUT2D eigenvalue weighted by Gasteiger charge is 2.22. The van der Waals surface area contributed by atoms with Crippen molar-refractivity contribution in [1.82, 2.24) is 4.57 Å². The average molecular weight is 572 g/mol. The smallest absolute Gasteiger partial charge is 0.0619 e. The van der Waals surface area contributed by atoms with Crippen LogP contribution in [0.1, 0.15) is 0 Å². The number of aromatic nitrogens is 1. The standard InChI is InChI=1S/C44H29N/c1-3-16-30(17-4-1)32-20-7-8-22-34(32)42-35-23-9-11-25-37(35)43(38-26-12-10-24-36(38)42)40-28-15-27-39-33-21-13-14-29-41(33)45(44(39)40)31-18-5-2-6-19-31/h1-29H. The first-order chi connectivity index (χ1) is 22.4. The van der Waals surface area contributed by atoms with E-state index in [0.29, 0.717) is 0 Å². The van der Waals surface area contributed by atoms with Crippen LogP contribution in [-0.4, -0.2) is 4.57 Å². The van der Waals surface area contributed by atoms with Gasteiger partial charge in [0.15, 0.2) is 0 Å². The Morgan fingerprint density at radius 2 is 0.733 bits per heavy atom. The summed E-state index contributed by atoms with van der Waals surface area (Å²) in [6.45, 7) is 0. The monoisotopic (exact) mass is 571 g/mol. The molecule has 1 heteroatoms. The Hall–Kier alpha value is -5.92. The average Bonchev–Trinajstić information content (AvgIpc) is 3.46. The van der Waals surface area contributed by atoms with Crippen LogP contribution in [0.4, 0.5) is 0 Å². The zero-order chi connectivity index (χ0) is 29.7. The zero-order valence-corrected chi connectivity index (χ0v) is 24.7. The van der Waals surface area contributed by atoms with Crippen molar-refractivity contribution in [1.29, 1.82) is 0 Å². The summed E-state index contributed by atoms with van der Waals surface area (Å²) < 4.78 is 2.45. The lowest BCUT2D eigenvalue weighted by atomic mass is 9.83. The van der Waals surface area contributed by atoms with Crippen molar-refractivity contribution in [3.05, 3.63) is 176 Å². The molecule has 8 aromatic carbocycles. The second-order valence-corrected chi connectivity index (χ2v) is 11.6. The molecule has 9 aromatic rings. The lowest BCUT2D eigenvalue weighted by Gasteiger charge is -2.20. The predicted molar refractivity (Wildman–Crippen MR) is 192 cm³/mol. The van der Waals surface area contributed by atoms with Gasteiger partial charge in [0, 0.05) is 22.0 Å². The fourth-order valence-corrected chi connectivity index (χ4v) is 7.34. The predicted octanol–water partition coefficient (Wildman–Crippen LogP) is 12.1. The molecule has 0 saturated carbocycles. The molecule has 1 nitrogen and oxygen atoms in total. The van der Waals surface area contributed by atoms with Crippen LogP contribution in [0, 0.1) is 0 Å². The molecular weight excluding hydrogens is 542 g/mol. The molecule has 0 radical (unpaired) electrons. The Labute approximate surface area is 262 Å². The number of rotatable bonds is 4. The molecule has 0 fully saturated rings. The molecule has 0 unspecified atom stereocenters. The number of hydrogen-bond donors (Lipinski definition) is 0. The quantitative estimate of drug-likeness (QED) is 0.185. The summed E-state index contributed by atoms with van der Waals surface area (Å²) >= 11 is 0. The molecule has 1 heterocycles. The van der Waals surface area contributed by atoms with Gasteiger partial charge in [0.1, 0.15) is 0 Å². The molecule has 0 amide bonds. The van der Waals surface area contributed by atoms with Crippen molar-refractivity contribution in [2.75, 3.05) is 0 Å². The van der Waals surface area contributed by atoms with Gasteiger partial charge in [-0.2, -0.15) is 0 Å². The largest absolute Gasteiger partial charge is 0.309 e. The molecule has 0 aliphatic heterocycles. The normalized spacial score (nSPS) is 11.6. The Morgan fingerprint density at radius 1 is 0.289 bits per heavy atom. The third-order valence-corrected chi connectivity index (χ3v) is 9.19. The van der Waals surface area contributed by atoms with Gasteiger partial charge in [-0.1, -0.05) is 158 Å². The molecule has 0 saturated heterocycles. The van der Waals surface area contributed by atoms with Crippen LogP contribution < -0.4 is 0 Å². The Bertz CT molecular complexity index is 2460. The minimum Gasteiger partial charge on any atom is -0.309 e. The van der Waals surface area contributed by atoms with E-state index in [9.17, 15) is 0 Å². The Morgan fingerprint density at radius 3 is 1.38 bits per heavy atom. The van der Waals surface area contributed by atoms with E-state index in [4.69, 9.17) is 0 Å². The summed E-state index contributed by atoms with van der Waals surface area (Å²) in [7, 11) is 0. The molecular formula is C44H29N. The van der Waals surface area contributed by atoms with E-state index in [1.807, 2.05) is 0 Å². The van der Waals surface area contributed by atoms with Gasteiger partial charge in [0.25, 0.3) is 0 Å². The van der Waals surface area contributed by atoms with Crippen molar-refractivity contribution in [2.24, 2.45) is 0 Å². The highest BCUT2D eigenvalue weighted by molar-refractivity contribution is 6.25. The van der Waals surface area contributed by atoms with Gasteiger partial charge >= 0.3 is 0 Å². The summed E-state index contributed by atoms with van der Waals surface area (Å²) in [6.07, 6.45) is 0. The Kier molecular flexibility index (Phi) is 5.89. The summed E-state index contributed by atoms with van der Waals surface area (Å²) in [5.74, 6) is 0. The van der Waals surface area contributed by atoms with E-state index >= 15 is 0 Å². The first-order valence-electron chi connectivity index (χ1n) is 15.5. The maximum absolute atomic E-state index is 2.45. The second kappa shape index (κ2) is 10.4. The number of benzene rings is 8. The van der Waals surface area contributed by atoms with Crippen LogP contribution >= 0.6 is 0 Å². The fourth-order valence-electron chi connectivity index (χ4n) is 7.34. The lowest BCUT2D eigenvalue weighted by molar-refractivity contribution is 1.18. The molecule has 1 aromatic heterocycles. The minimum atomic E-state index is 1.16. The molecule has 0 N–H and O–H groups in total. The second-order valence-electron chi connectivity index (χ2n) is 11.6. The summed E-state index contributed by atoms with van der Waals surface area (Å²) in [5, 5.41) is 7.56. The number of para-hydroxylation sites is 3. The van der Waals surface area contributed by atoms with Crippen LogP contribution in [0.3, 0.4) is 0 Å². The molecule has 0 aliphatic carbocycles. The molecule has 0 bridgehead atoms. The Balaban J connectivity index is 1.45. The van der Waals surface area contributed by atoms with Crippen LogP contribution in [0.5, 0.6) is 0 Å². The van der Waals surface area contributed by atoms with E-state index in [-0.39, 0.29) is 0 Å². The topological polar surface area (TPSA) is 4.93 Å². The SMILES string of the molecule is c1ccc(-c2ccccc2-c2c3ccccc3c(-c3cccc4c5ccccc5n(-c5ccccc5)c34)c3ccccc23)cc1. The zero-order valence-electron chi connectivity index (χ0n) is 24.7. The van der Waals surface area contributed by atoms with Gasteiger partial charge in [0.2, 0.25) is 0 Å². The van der Waals surface area contributed by atoms with E-state index in [2.05, 4.69) is 180 Å². The molecule has 210 valence electrons. The molecule has 9 rings (SSSR count). The third kappa shape index (κ3) is 3.95. The minimum absolute atomic E-state index is 1.16. The fraction of sp³-hybridized carbons (Fsp3) is 0. The number of fused-ring (bicyclic) bond motifs is 5. The van der Waals surface area contributed by atoms with Gasteiger partial charge in [-0.05, 0) is 67.6 Å². The molecule has 0 spiro atoms. The lowest BCUT2D eigenvalue weighted by Crippen LogP contribution is -1.97. The maximum atomic E-state index is 2.45. The maximum Gasteiger partial charge on any atom is 0.0619 e. The molecule has 0 atom stereocenters. The van der Waals surface area contributed by atoms with Crippen LogP contribution in [0.2, 0.25) is 0 Å². The van der Waals surface area contributed by atoms with Crippen molar-refractivity contribution >= 4 is 43.4 Å². The van der Waals surface area contributed by atoms with Crippen LogP contribution in [-0.2, 0) is 0 Å². The van der Waals surface area contributed by atoms with Crippen molar-refractivity contribution in [3.63, 3.8) is 0 Å². The summed E-state index contributed by atoms with van der Waals surface area (Å²) in [6, 6.07) is 63.9. The van der Waals surface area contributed by atoms with Gasteiger partial charge in [-0.25, -0.2) is 0 Å². The van der Waals surface area contributed by atoms with Crippen LogP contribution in [0.15, 0.2) is 176 Å². The van der Waals surface area contributed by atoms with Gasteiger partial charge in [-0.3, -0.25) is 0 Å². The van der Waals surface area contributed by atoms with Gasteiger partial charge in [-0.15, -0.1) is 0 Å². The van der Waals surface area contributed by atoms with Gasteiger partial charge < -0.3 is 4.57 Å². The van der Waals surface area contributed by atoms with E-state index in [0.717, 1.165) is 5.69 Å². The van der Waals surface area contributed by atoms with E-state index in [1.54, 1.807) is 0 Å². The third-order valence-electron chi connectivity index (χ3n) is 9.19. The molecule has 45 heavy (non-hydrogen) atoms. The molecule has 0 aliphatic rings. The first kappa shape index (κ1) is 25.6. The van der Waals surface area contributed by atoms with Crippen LogP contribution in [0.25, 0.3) is 82.4 Å².